The molecule has 0 unspecified atom stereocenters. The normalized spacial score (nSPS) is 10.5. The van der Waals surface area contributed by atoms with E-state index in [0.29, 0.717) is 6.61 Å². The zero-order valence-corrected chi connectivity index (χ0v) is 8.71. The van der Waals surface area contributed by atoms with Crippen molar-refractivity contribution < 1.29 is 4.74 Å². The Kier molecular flexibility index (Phi) is 2.73. The van der Waals surface area contributed by atoms with Crippen LogP contribution in [0, 0.1) is 6.92 Å². The van der Waals surface area contributed by atoms with Crippen LogP contribution in [0.25, 0.3) is 5.82 Å². The van der Waals surface area contributed by atoms with E-state index in [9.17, 15) is 0 Å². The van der Waals surface area contributed by atoms with Crippen LogP contribution in [0.3, 0.4) is 0 Å². The van der Waals surface area contributed by atoms with Crippen LogP contribution < -0.4 is 0 Å². The summed E-state index contributed by atoms with van der Waals surface area (Å²) >= 11 is 0. The third kappa shape index (κ3) is 2.19. The molecular weight excluding hydrogens is 192 g/mol. The molecule has 0 N–H and O–H groups in total. The molecule has 0 aliphatic rings. The van der Waals surface area contributed by atoms with Gasteiger partial charge in [0.1, 0.15) is 6.33 Å². The number of hydrogen-bond acceptors (Lipinski definition) is 4. The summed E-state index contributed by atoms with van der Waals surface area (Å²) in [5.41, 5.74) is 1.80. The molecule has 0 spiro atoms. The van der Waals surface area contributed by atoms with Crippen molar-refractivity contribution in [3.05, 3.63) is 36.0 Å². The molecule has 0 saturated carbocycles. The van der Waals surface area contributed by atoms with Gasteiger partial charge in [-0.25, -0.2) is 14.6 Å². The first-order chi connectivity index (χ1) is 7.29. The molecule has 0 fully saturated rings. The Hall–Kier alpha value is -1.75. The summed E-state index contributed by atoms with van der Waals surface area (Å²) in [6.07, 6.45) is 3.39. The largest absolute Gasteiger partial charge is 0.378 e. The molecule has 5 heteroatoms. The average Bonchev–Trinajstić information content (AvgIpc) is 2.67. The number of hydrogen-bond donors (Lipinski definition) is 0. The fourth-order valence-corrected chi connectivity index (χ4v) is 1.28. The zero-order chi connectivity index (χ0) is 10.7. The van der Waals surface area contributed by atoms with Gasteiger partial charge in [-0.2, -0.15) is 5.10 Å². The topological polar surface area (TPSA) is 52.8 Å². The highest BCUT2D eigenvalue weighted by molar-refractivity contribution is 5.22. The Balaban J connectivity index is 2.29. The fraction of sp³-hybridized carbons (Fsp3) is 0.300. The second-order valence-electron chi connectivity index (χ2n) is 3.20. The molecule has 2 rings (SSSR count). The molecule has 0 aliphatic heterocycles. The van der Waals surface area contributed by atoms with Crippen LogP contribution in [0.15, 0.2) is 24.7 Å². The molecule has 0 radical (unpaired) electrons. The summed E-state index contributed by atoms with van der Waals surface area (Å²) in [7, 11) is 1.65. The van der Waals surface area contributed by atoms with Gasteiger partial charge in [0.15, 0.2) is 5.82 Å². The van der Waals surface area contributed by atoms with E-state index < -0.39 is 0 Å². The first kappa shape index (κ1) is 9.79. The summed E-state index contributed by atoms with van der Waals surface area (Å²) in [5.74, 6) is 0.768. The first-order valence-corrected chi connectivity index (χ1v) is 4.62. The van der Waals surface area contributed by atoms with Crippen molar-refractivity contribution in [3.8, 4) is 5.82 Å². The molecule has 5 nitrogen and oxygen atoms in total. The minimum atomic E-state index is 0.511. The van der Waals surface area contributed by atoms with E-state index in [1.165, 1.54) is 6.33 Å². The molecule has 0 amide bonds. The lowest BCUT2D eigenvalue weighted by Gasteiger charge is -2.00. The molecule has 0 saturated heterocycles. The molecule has 2 heterocycles. The molecular formula is C10H12N4O. The highest BCUT2D eigenvalue weighted by atomic mass is 16.5. The minimum Gasteiger partial charge on any atom is -0.378 e. The Bertz CT molecular complexity index is 452. The molecule has 0 aromatic carbocycles. The van der Waals surface area contributed by atoms with Gasteiger partial charge >= 0.3 is 0 Å². The third-order valence-corrected chi connectivity index (χ3v) is 1.96. The number of aromatic nitrogens is 4. The predicted molar refractivity (Wildman–Crippen MR) is 54.6 cm³/mol. The molecule has 15 heavy (non-hydrogen) atoms. The molecule has 0 aliphatic carbocycles. The van der Waals surface area contributed by atoms with Crippen molar-refractivity contribution in [2.24, 2.45) is 0 Å². The first-order valence-electron chi connectivity index (χ1n) is 4.62. The van der Waals surface area contributed by atoms with E-state index >= 15 is 0 Å². The van der Waals surface area contributed by atoms with Crippen LogP contribution >= 0.6 is 0 Å². The van der Waals surface area contributed by atoms with Crippen LogP contribution in [-0.2, 0) is 11.3 Å². The molecule has 78 valence electrons. The smallest absolute Gasteiger partial charge is 0.156 e. The van der Waals surface area contributed by atoms with E-state index in [4.69, 9.17) is 4.74 Å². The van der Waals surface area contributed by atoms with E-state index in [2.05, 4.69) is 15.1 Å². The van der Waals surface area contributed by atoms with Gasteiger partial charge in [-0.1, -0.05) is 0 Å². The van der Waals surface area contributed by atoms with Crippen molar-refractivity contribution in [1.82, 2.24) is 19.7 Å². The van der Waals surface area contributed by atoms with Crippen molar-refractivity contribution in [2.45, 2.75) is 13.5 Å². The van der Waals surface area contributed by atoms with Crippen molar-refractivity contribution in [1.29, 1.82) is 0 Å². The highest BCUT2D eigenvalue weighted by Crippen LogP contribution is 2.05. The summed E-state index contributed by atoms with van der Waals surface area (Å²) in [6.45, 7) is 2.43. The second kappa shape index (κ2) is 4.18. The highest BCUT2D eigenvalue weighted by Gasteiger charge is 2.02. The number of aryl methyl sites for hydroxylation is 1. The molecule has 2 aromatic heterocycles. The Morgan fingerprint density at radius 3 is 3.00 bits per heavy atom. The van der Waals surface area contributed by atoms with Crippen LogP contribution in [0.4, 0.5) is 0 Å². The van der Waals surface area contributed by atoms with Gasteiger partial charge in [-0.3, -0.25) is 0 Å². The zero-order valence-electron chi connectivity index (χ0n) is 8.71. The summed E-state index contributed by atoms with van der Waals surface area (Å²) < 4.78 is 6.70. The summed E-state index contributed by atoms with van der Waals surface area (Å²) in [5, 5.41) is 4.31. The number of methoxy groups -OCH3 is 1. The molecule has 0 bridgehead atoms. The van der Waals surface area contributed by atoms with Gasteiger partial charge in [-0.15, -0.1) is 0 Å². The lowest BCUT2D eigenvalue weighted by atomic mass is 10.4. The standard InChI is InChI=1S/C10H12N4O/c1-8-5-10(12-7-11-8)14-4-3-9(13-14)6-15-2/h3-5,7H,6H2,1-2H3. The second-order valence-corrected chi connectivity index (χ2v) is 3.20. The number of ether oxygens (including phenoxy) is 1. The van der Waals surface area contributed by atoms with E-state index in [-0.39, 0.29) is 0 Å². The minimum absolute atomic E-state index is 0.511. The van der Waals surface area contributed by atoms with Crippen LogP contribution in [0.1, 0.15) is 11.4 Å². The SMILES string of the molecule is COCc1ccn(-c2cc(C)ncn2)n1. The third-order valence-electron chi connectivity index (χ3n) is 1.96. The average molecular weight is 204 g/mol. The predicted octanol–water partition coefficient (Wildman–Crippen LogP) is 1.12. The summed E-state index contributed by atoms with van der Waals surface area (Å²) in [4.78, 5) is 8.16. The van der Waals surface area contributed by atoms with Gasteiger partial charge in [0, 0.05) is 25.1 Å². The van der Waals surface area contributed by atoms with Gasteiger partial charge in [0.2, 0.25) is 0 Å². The van der Waals surface area contributed by atoms with Crippen LogP contribution in [0.2, 0.25) is 0 Å². The van der Waals surface area contributed by atoms with Crippen molar-refractivity contribution >= 4 is 0 Å². The fourth-order valence-electron chi connectivity index (χ4n) is 1.28. The lowest BCUT2D eigenvalue weighted by molar-refractivity contribution is 0.181. The van der Waals surface area contributed by atoms with Crippen molar-refractivity contribution in [3.63, 3.8) is 0 Å². The Labute approximate surface area is 87.7 Å². The Morgan fingerprint density at radius 2 is 2.27 bits per heavy atom. The van der Waals surface area contributed by atoms with Crippen LogP contribution in [0.5, 0.6) is 0 Å². The quantitative estimate of drug-likeness (QED) is 0.751. The van der Waals surface area contributed by atoms with E-state index in [1.807, 2.05) is 25.3 Å². The Morgan fingerprint density at radius 1 is 1.40 bits per heavy atom. The maximum atomic E-state index is 4.99. The van der Waals surface area contributed by atoms with Gasteiger partial charge in [0.05, 0.1) is 12.3 Å². The van der Waals surface area contributed by atoms with Gasteiger partial charge in [-0.05, 0) is 13.0 Å². The van der Waals surface area contributed by atoms with Crippen LogP contribution in [-0.4, -0.2) is 26.9 Å². The van der Waals surface area contributed by atoms with Crippen molar-refractivity contribution in [2.75, 3.05) is 7.11 Å². The molecule has 0 atom stereocenters. The van der Waals surface area contributed by atoms with E-state index in [1.54, 1.807) is 11.8 Å². The maximum absolute atomic E-state index is 4.99. The number of rotatable bonds is 3. The van der Waals surface area contributed by atoms with Gasteiger partial charge in [0.25, 0.3) is 0 Å². The number of nitrogens with zero attached hydrogens (tertiary/aromatic N) is 4. The molecule has 2 aromatic rings. The van der Waals surface area contributed by atoms with E-state index in [0.717, 1.165) is 17.2 Å². The maximum Gasteiger partial charge on any atom is 0.156 e. The summed E-state index contributed by atoms with van der Waals surface area (Å²) in [6, 6.07) is 3.78. The lowest BCUT2D eigenvalue weighted by Crippen LogP contribution is -2.00. The van der Waals surface area contributed by atoms with Gasteiger partial charge < -0.3 is 4.74 Å². The monoisotopic (exact) mass is 204 g/mol.